The molecule has 0 bridgehead atoms. The molecule has 82 heavy (non-hydrogen) atoms. The van der Waals surface area contributed by atoms with Crippen LogP contribution in [-0.4, -0.2) is 66.4 Å². The van der Waals surface area contributed by atoms with Gasteiger partial charge in [-0.25, -0.2) is 19.7 Å². The zero-order chi connectivity index (χ0) is 62.3. The van der Waals surface area contributed by atoms with Crippen molar-refractivity contribution in [2.45, 2.75) is 83.1 Å². The number of halogens is 4. The monoisotopic (exact) mass is 1220 g/mol. The summed E-state index contributed by atoms with van der Waals surface area (Å²) in [5.74, 6) is -2.36. The van der Waals surface area contributed by atoms with Gasteiger partial charge in [-0.1, -0.05) is 53.2 Å². The fraction of sp³-hybridized carbons (Fsp3) is 0.207. The molecule has 3 heterocycles. The maximum absolute atomic E-state index is 11.4. The Morgan fingerprint density at radius 3 is 1.57 bits per heavy atom. The predicted octanol–water partition coefficient (Wildman–Crippen LogP) is 13.4. The Labute approximate surface area is 494 Å². The second-order valence-corrected chi connectivity index (χ2v) is 25.6. The Morgan fingerprint density at radius 2 is 1.09 bits per heavy atom. The summed E-state index contributed by atoms with van der Waals surface area (Å²) in [6.07, 6.45) is 4.49. The van der Waals surface area contributed by atoms with Gasteiger partial charge in [0.2, 0.25) is 0 Å². The van der Waals surface area contributed by atoms with Crippen LogP contribution in [0.1, 0.15) is 87.5 Å². The van der Waals surface area contributed by atoms with E-state index in [1.54, 1.807) is 19.1 Å². The van der Waals surface area contributed by atoms with Crippen LogP contribution in [0, 0.1) is 88.5 Å². The minimum Gasteiger partial charge on any atom is -0.478 e. The van der Waals surface area contributed by atoms with Crippen molar-refractivity contribution in [3.05, 3.63) is 191 Å². The minimum atomic E-state index is -3.22. The molecule has 0 aliphatic carbocycles. The van der Waals surface area contributed by atoms with Crippen molar-refractivity contribution < 1.29 is 34.1 Å². The molecule has 1 aliphatic rings. The number of aromatic amines is 1. The Balaban J connectivity index is 0.000000328. The molecule has 24 heteroatoms. The Bertz CT molecular complexity index is 3660. The lowest BCUT2D eigenvalue weighted by atomic mass is 10.0. The number of nitrogen functional groups attached to an aromatic ring is 2. The van der Waals surface area contributed by atoms with E-state index in [-0.39, 0.29) is 11.1 Å². The van der Waals surface area contributed by atoms with Crippen LogP contribution >= 0.6 is 50.5 Å². The fourth-order valence-corrected chi connectivity index (χ4v) is 8.62. The van der Waals surface area contributed by atoms with E-state index in [2.05, 4.69) is 87.3 Å². The van der Waals surface area contributed by atoms with Crippen molar-refractivity contribution in [2.24, 2.45) is 10.9 Å². The lowest BCUT2D eigenvalue weighted by Gasteiger charge is -2.05. The average molecular weight is 1220 g/mol. The van der Waals surface area contributed by atoms with Crippen LogP contribution in [0.2, 0.25) is 5.15 Å². The number of nitrogens with zero attached hydrogens (tertiary/aromatic N) is 4. The Morgan fingerprint density at radius 1 is 0.646 bits per heavy atom. The van der Waals surface area contributed by atoms with E-state index in [9.17, 15) is 28.5 Å². The first kappa shape index (κ1) is 69.9. The summed E-state index contributed by atoms with van der Waals surface area (Å²) in [7, 11) is 0. The van der Waals surface area contributed by atoms with Gasteiger partial charge in [0.1, 0.15) is 17.7 Å². The van der Waals surface area contributed by atoms with Crippen LogP contribution in [0.25, 0.3) is 21.8 Å². The molecule has 19 nitrogen and oxygen atoms in total. The van der Waals surface area contributed by atoms with Crippen LogP contribution in [-0.2, 0) is 14.2 Å². The van der Waals surface area contributed by atoms with Gasteiger partial charge in [0, 0.05) is 22.4 Å². The Kier molecular flexibility index (Phi) is 28.1. The van der Waals surface area contributed by atoms with Crippen LogP contribution < -0.4 is 33.4 Å². The number of oxime groups is 1. The summed E-state index contributed by atoms with van der Waals surface area (Å²) in [6.45, 7) is 23.4. The summed E-state index contributed by atoms with van der Waals surface area (Å²) in [5.41, 5.74) is 33.0. The molecule has 6 aromatic carbocycles. The summed E-state index contributed by atoms with van der Waals surface area (Å²) in [5, 5.41) is 29.5. The molecule has 0 spiro atoms. The molecule has 0 fully saturated rings. The van der Waals surface area contributed by atoms with Crippen molar-refractivity contribution in [3.63, 3.8) is 0 Å². The summed E-state index contributed by atoms with van der Waals surface area (Å²) < 4.78 is 9.51. The molecule has 0 radical (unpaired) electrons. The lowest BCUT2D eigenvalue weighted by molar-refractivity contribution is -0.112. The summed E-state index contributed by atoms with van der Waals surface area (Å²) in [6, 6.07) is 26.9. The van der Waals surface area contributed by atoms with Crippen molar-refractivity contribution in [1.29, 1.82) is 5.41 Å². The molecule has 0 unspecified atom stereocenters. The van der Waals surface area contributed by atoms with E-state index in [1.165, 1.54) is 29.3 Å². The van der Waals surface area contributed by atoms with Crippen LogP contribution in [0.5, 0.6) is 0 Å². The molecule has 12 N–H and O–H groups in total. The number of fused-ring (bicyclic) bond motifs is 3. The SMILES string of the molecule is Cc1cc(C)c(C(=O)O)c(N)c1.Cc1cc(C)c2c(=O)[nH]cnc2c1.Cc1cc(C)c2c(Cl)ncnc2c1.Cc1cc(C)c2c(c1)NC(=O)C2=O.Cc1cc(C)cc(N)c1.Cc1cc(C)cc(NC(=O)/C=N/O)c1.N=CN.O=P(Cl)(Cl)Cl. The number of Topliss-reactive ketones (excluding diaryl/α,β-unsaturated/α-hetero) is 1. The lowest BCUT2D eigenvalue weighted by Crippen LogP contribution is -2.12. The third kappa shape index (κ3) is 23.9. The topological polar surface area (TPSA) is 336 Å². The highest BCUT2D eigenvalue weighted by Gasteiger charge is 2.29. The number of carbonyl (C=O) groups excluding carboxylic acids is 3. The highest BCUT2D eigenvalue weighted by molar-refractivity contribution is 8.24. The number of aromatic carboxylic acids is 1. The predicted molar refractivity (Wildman–Crippen MR) is 335 cm³/mol. The number of aromatic nitrogens is 4. The number of aryl methyl sites for hydroxylation is 12. The van der Waals surface area contributed by atoms with Crippen LogP contribution in [0.4, 0.5) is 22.7 Å². The molecule has 0 atom stereocenters. The van der Waals surface area contributed by atoms with Gasteiger partial charge in [0.25, 0.3) is 23.2 Å². The molecule has 2 aromatic heterocycles. The molecular weight excluding hydrogens is 1150 g/mol. The highest BCUT2D eigenvalue weighted by Crippen LogP contribution is 2.61. The van der Waals surface area contributed by atoms with E-state index in [0.29, 0.717) is 38.7 Å². The van der Waals surface area contributed by atoms with E-state index < -0.39 is 28.8 Å². The second kappa shape index (κ2) is 32.9. The maximum atomic E-state index is 11.4. The van der Waals surface area contributed by atoms with Gasteiger partial charge in [-0.3, -0.25) is 29.2 Å². The number of carboxylic acid groups (broad SMARTS) is 1. The minimum absolute atomic E-state index is 0.0671. The van der Waals surface area contributed by atoms with Crippen LogP contribution in [0.15, 0.2) is 108 Å². The second-order valence-electron chi connectivity index (χ2n) is 18.6. The number of ketones is 1. The zero-order valence-corrected chi connectivity index (χ0v) is 51.1. The number of nitrogens with one attached hydrogen (secondary N) is 4. The maximum Gasteiger partial charge on any atom is 0.339 e. The largest absolute Gasteiger partial charge is 0.478 e. The standard InChI is InChI=1S/C10H9ClN2.C10H12N2O2.C10H10N2O.C10H9NO2.C9H11NO2.C8H11N.CH4N2.Cl3OP/c1-6-3-7(2)9-8(4-6)12-5-13-10(9)11;1-7-3-8(2)5-9(4-7)12-10(13)6-11-14;1-6-3-7(2)9-8(4-6)11-5-12-10(9)13;1-5-3-6(2)8-7(4-5)11-10(13)9(8)12;1-5-3-6(2)8(9(11)12)7(10)4-5;1-6-3-7(2)5-8(9)4-6;2-1-3;1-5(2,3)4/h3-5H,1-2H3;3-6,14H,1-2H3,(H,12,13);3-5H,1-2H3,(H,11,12,13);3-4H,1-2H3,(H,11,12,13);3-4H,10H2,1-2H3,(H,11,12);3-5H,9H2,1-2H3;1H,(H3,2,3);/b;11-6+;;;;;;. The Hall–Kier alpha value is -8.19. The number of H-pyrrole nitrogens is 1. The number of anilines is 4. The number of carbonyl (C=O) groups is 4. The van der Waals surface area contributed by atoms with Crippen LogP contribution in [0.3, 0.4) is 0 Å². The first-order valence-corrected chi connectivity index (χ1v) is 29.2. The van der Waals surface area contributed by atoms with E-state index in [0.717, 1.165) is 79.2 Å². The molecule has 2 amide bonds. The fourth-order valence-electron chi connectivity index (χ4n) is 8.33. The molecule has 0 saturated carbocycles. The smallest absolute Gasteiger partial charge is 0.339 e. The molecule has 8 aromatic rings. The number of amides is 2. The molecule has 9 rings (SSSR count). The quantitative estimate of drug-likeness (QED) is 0.0116. The van der Waals surface area contributed by atoms with Crippen molar-refractivity contribution in [1.82, 2.24) is 19.9 Å². The third-order valence-corrected chi connectivity index (χ3v) is 11.2. The van der Waals surface area contributed by atoms with E-state index in [1.807, 2.05) is 137 Å². The van der Waals surface area contributed by atoms with Gasteiger partial charge >= 0.3 is 11.2 Å². The highest BCUT2D eigenvalue weighted by atomic mass is 36.0. The number of rotatable bonds is 3. The van der Waals surface area contributed by atoms with Gasteiger partial charge in [0.05, 0.1) is 45.9 Å². The third-order valence-electron chi connectivity index (χ3n) is 10.9. The average Bonchev–Trinajstić information content (AvgIpc) is 3.88. The van der Waals surface area contributed by atoms with Gasteiger partial charge in [-0.2, -0.15) is 0 Å². The number of benzene rings is 6. The molecule has 434 valence electrons. The molecule has 1 aliphatic heterocycles. The number of carboxylic acids is 1. The summed E-state index contributed by atoms with van der Waals surface area (Å²) >= 11 is 19.8. The number of hydrogen-bond donors (Lipinski definition) is 9. The van der Waals surface area contributed by atoms with E-state index in [4.69, 9.17) is 38.8 Å². The number of hydrogen-bond acceptors (Lipinski definition) is 14. The van der Waals surface area contributed by atoms with Gasteiger partial charge in [-0.15, -0.1) is 0 Å². The van der Waals surface area contributed by atoms with Crippen molar-refractivity contribution in [3.8, 4) is 0 Å². The van der Waals surface area contributed by atoms with Crippen molar-refractivity contribution >= 4 is 131 Å². The first-order chi connectivity index (χ1) is 38.2. The van der Waals surface area contributed by atoms with Crippen molar-refractivity contribution in [2.75, 3.05) is 22.1 Å². The van der Waals surface area contributed by atoms with Gasteiger partial charge < -0.3 is 43.1 Å². The molecule has 0 saturated heterocycles. The van der Waals surface area contributed by atoms with E-state index >= 15 is 0 Å². The molecular formula is C58H66Cl4N11O8P. The number of nitrogens with two attached hydrogens (primary N) is 3. The van der Waals surface area contributed by atoms with Gasteiger partial charge in [-0.05, 0) is 232 Å². The van der Waals surface area contributed by atoms with Gasteiger partial charge in [0.15, 0.2) is 0 Å². The normalized spacial score (nSPS) is 10.8. The summed E-state index contributed by atoms with van der Waals surface area (Å²) in [4.78, 5) is 70.3. The first-order valence-electron chi connectivity index (χ1n) is 24.4. The zero-order valence-electron chi connectivity index (χ0n) is 47.2.